The Morgan fingerprint density at radius 3 is 2.79 bits per heavy atom. The quantitative estimate of drug-likeness (QED) is 0.316. The van der Waals surface area contributed by atoms with Gasteiger partial charge < -0.3 is 15.4 Å². The Bertz CT molecular complexity index is 465. The SMILES string of the molecule is CN=C(NCCN(CCOC)C1CC1)NCC(C)c1cccs1.I. The summed E-state index contributed by atoms with van der Waals surface area (Å²) in [5, 5.41) is 8.97. The Hall–Kier alpha value is -0.380. The van der Waals surface area contributed by atoms with Crippen LogP contribution >= 0.6 is 35.3 Å². The number of methoxy groups -OCH3 is 1. The number of hydrogen-bond donors (Lipinski definition) is 2. The summed E-state index contributed by atoms with van der Waals surface area (Å²) in [6, 6.07) is 5.06. The molecule has 5 nitrogen and oxygen atoms in total. The molecule has 2 N–H and O–H groups in total. The third-order valence-corrected chi connectivity index (χ3v) is 5.27. The largest absolute Gasteiger partial charge is 0.383 e. The molecule has 2 rings (SSSR count). The Balaban J connectivity index is 0.00000288. The monoisotopic (exact) mass is 466 g/mol. The summed E-state index contributed by atoms with van der Waals surface area (Å²) in [4.78, 5) is 8.24. The van der Waals surface area contributed by atoms with Gasteiger partial charge in [-0.2, -0.15) is 0 Å². The molecule has 0 spiro atoms. The number of nitrogens with zero attached hydrogens (tertiary/aromatic N) is 2. The zero-order valence-corrected chi connectivity index (χ0v) is 18.1. The highest BCUT2D eigenvalue weighted by Gasteiger charge is 2.28. The topological polar surface area (TPSA) is 48.9 Å². The number of halogens is 1. The fourth-order valence-electron chi connectivity index (χ4n) is 2.59. The minimum atomic E-state index is 0. The summed E-state index contributed by atoms with van der Waals surface area (Å²) >= 11 is 1.81. The number of ether oxygens (including phenoxy) is 1. The minimum absolute atomic E-state index is 0. The highest BCUT2D eigenvalue weighted by atomic mass is 127. The maximum absolute atomic E-state index is 5.20. The molecule has 0 radical (unpaired) electrons. The zero-order chi connectivity index (χ0) is 16.5. The molecular weight excluding hydrogens is 435 g/mol. The molecular formula is C17H31IN4OS. The van der Waals surface area contributed by atoms with Crippen molar-refractivity contribution in [2.45, 2.75) is 31.7 Å². The molecule has 1 unspecified atom stereocenters. The number of rotatable bonds is 10. The van der Waals surface area contributed by atoms with Crippen molar-refractivity contribution in [1.29, 1.82) is 0 Å². The molecule has 1 aromatic rings. The van der Waals surface area contributed by atoms with Crippen molar-refractivity contribution in [1.82, 2.24) is 15.5 Å². The average Bonchev–Trinajstić information content (AvgIpc) is 3.26. The van der Waals surface area contributed by atoms with Gasteiger partial charge in [0, 0.05) is 57.2 Å². The van der Waals surface area contributed by atoms with Crippen molar-refractivity contribution >= 4 is 41.3 Å². The normalized spacial score (nSPS) is 15.9. The zero-order valence-electron chi connectivity index (χ0n) is 15.0. The molecule has 0 aliphatic heterocycles. The smallest absolute Gasteiger partial charge is 0.191 e. The molecule has 0 amide bonds. The lowest BCUT2D eigenvalue weighted by Gasteiger charge is -2.22. The molecule has 1 fully saturated rings. The van der Waals surface area contributed by atoms with Crippen LogP contribution in [0, 0.1) is 0 Å². The first kappa shape index (κ1) is 21.7. The van der Waals surface area contributed by atoms with Crippen LogP contribution in [-0.4, -0.2) is 63.8 Å². The summed E-state index contributed by atoms with van der Waals surface area (Å²) in [5.74, 6) is 1.38. The van der Waals surface area contributed by atoms with Crippen LogP contribution in [0.5, 0.6) is 0 Å². The lowest BCUT2D eigenvalue weighted by atomic mass is 10.1. The molecule has 1 aromatic heterocycles. The van der Waals surface area contributed by atoms with Crippen LogP contribution in [-0.2, 0) is 4.74 Å². The van der Waals surface area contributed by atoms with Crippen LogP contribution in [0.3, 0.4) is 0 Å². The van der Waals surface area contributed by atoms with E-state index in [4.69, 9.17) is 4.74 Å². The van der Waals surface area contributed by atoms with Crippen molar-refractivity contribution in [2.75, 3.05) is 46.9 Å². The van der Waals surface area contributed by atoms with Crippen molar-refractivity contribution in [3.63, 3.8) is 0 Å². The van der Waals surface area contributed by atoms with Crippen LogP contribution < -0.4 is 10.6 Å². The van der Waals surface area contributed by atoms with Gasteiger partial charge in [-0.1, -0.05) is 13.0 Å². The number of thiophene rings is 1. The van der Waals surface area contributed by atoms with Gasteiger partial charge in [0.1, 0.15) is 0 Å². The lowest BCUT2D eigenvalue weighted by molar-refractivity contribution is 0.144. The van der Waals surface area contributed by atoms with Crippen molar-refractivity contribution in [3.05, 3.63) is 22.4 Å². The molecule has 1 atom stereocenters. The first-order valence-electron chi connectivity index (χ1n) is 8.45. The van der Waals surface area contributed by atoms with Crippen LogP contribution in [0.4, 0.5) is 0 Å². The van der Waals surface area contributed by atoms with Crippen LogP contribution in [0.2, 0.25) is 0 Å². The van der Waals surface area contributed by atoms with E-state index in [0.717, 1.165) is 44.8 Å². The van der Waals surface area contributed by atoms with Crippen molar-refractivity contribution in [2.24, 2.45) is 4.99 Å². The Labute approximate surface area is 167 Å². The van der Waals surface area contributed by atoms with E-state index in [1.54, 1.807) is 7.11 Å². The van der Waals surface area contributed by atoms with E-state index in [0.29, 0.717) is 5.92 Å². The predicted octanol–water partition coefficient (Wildman–Crippen LogP) is 2.75. The van der Waals surface area contributed by atoms with E-state index in [1.807, 2.05) is 18.4 Å². The highest BCUT2D eigenvalue weighted by Crippen LogP contribution is 2.26. The molecule has 7 heteroatoms. The van der Waals surface area contributed by atoms with Crippen molar-refractivity contribution < 1.29 is 4.74 Å². The minimum Gasteiger partial charge on any atom is -0.383 e. The van der Waals surface area contributed by atoms with Crippen LogP contribution in [0.1, 0.15) is 30.6 Å². The molecule has 0 bridgehead atoms. The van der Waals surface area contributed by atoms with Gasteiger partial charge in [0.25, 0.3) is 0 Å². The Morgan fingerprint density at radius 1 is 1.42 bits per heavy atom. The van der Waals surface area contributed by atoms with Gasteiger partial charge in [-0.25, -0.2) is 0 Å². The first-order valence-corrected chi connectivity index (χ1v) is 9.33. The Morgan fingerprint density at radius 2 is 2.21 bits per heavy atom. The van der Waals surface area contributed by atoms with Gasteiger partial charge in [-0.15, -0.1) is 35.3 Å². The van der Waals surface area contributed by atoms with E-state index in [2.05, 4.69) is 45.0 Å². The molecule has 1 aliphatic rings. The standard InChI is InChI=1S/C17H30N4OS.HI/c1-14(16-5-4-12-23-16)13-20-17(18-2)19-8-9-21(10-11-22-3)15-6-7-15;/h4-5,12,14-15H,6-11,13H2,1-3H3,(H2,18,19,20);1H. The summed E-state index contributed by atoms with van der Waals surface area (Å²) in [6.45, 7) is 6.91. The van der Waals surface area contributed by atoms with E-state index in [1.165, 1.54) is 17.7 Å². The summed E-state index contributed by atoms with van der Waals surface area (Å²) in [6.07, 6.45) is 2.66. The number of hydrogen-bond acceptors (Lipinski definition) is 4. The molecule has 138 valence electrons. The summed E-state index contributed by atoms with van der Waals surface area (Å²) in [7, 11) is 3.60. The van der Waals surface area contributed by atoms with Gasteiger partial charge in [0.15, 0.2) is 5.96 Å². The van der Waals surface area contributed by atoms with E-state index < -0.39 is 0 Å². The number of nitrogens with one attached hydrogen (secondary N) is 2. The molecule has 1 heterocycles. The third kappa shape index (κ3) is 7.67. The van der Waals surface area contributed by atoms with Crippen LogP contribution in [0.25, 0.3) is 0 Å². The fourth-order valence-corrected chi connectivity index (χ4v) is 3.37. The molecule has 0 aromatic carbocycles. The van der Waals surface area contributed by atoms with E-state index in [-0.39, 0.29) is 24.0 Å². The molecule has 24 heavy (non-hydrogen) atoms. The second kappa shape index (κ2) is 12.1. The maximum Gasteiger partial charge on any atom is 0.191 e. The maximum atomic E-state index is 5.20. The second-order valence-corrected chi connectivity index (χ2v) is 7.04. The fraction of sp³-hybridized carbons (Fsp3) is 0.706. The molecule has 1 aliphatic carbocycles. The van der Waals surface area contributed by atoms with Gasteiger partial charge in [-0.3, -0.25) is 9.89 Å². The summed E-state index contributed by atoms with van der Waals surface area (Å²) < 4.78 is 5.20. The Kier molecular flexibility index (Phi) is 10.9. The molecule has 0 saturated heterocycles. The predicted molar refractivity (Wildman–Crippen MR) is 114 cm³/mol. The van der Waals surface area contributed by atoms with E-state index in [9.17, 15) is 0 Å². The van der Waals surface area contributed by atoms with Gasteiger partial charge >= 0.3 is 0 Å². The number of guanidine groups is 1. The first-order chi connectivity index (χ1) is 11.2. The number of aliphatic imine (C=N–C) groups is 1. The van der Waals surface area contributed by atoms with Gasteiger partial charge in [0.05, 0.1) is 6.61 Å². The molecule has 1 saturated carbocycles. The van der Waals surface area contributed by atoms with Gasteiger partial charge in [-0.05, 0) is 24.3 Å². The lowest BCUT2D eigenvalue weighted by Crippen LogP contribution is -2.43. The van der Waals surface area contributed by atoms with E-state index >= 15 is 0 Å². The van der Waals surface area contributed by atoms with Crippen molar-refractivity contribution in [3.8, 4) is 0 Å². The highest BCUT2D eigenvalue weighted by molar-refractivity contribution is 14.0. The van der Waals surface area contributed by atoms with Crippen LogP contribution in [0.15, 0.2) is 22.5 Å². The summed E-state index contributed by atoms with van der Waals surface area (Å²) in [5.41, 5.74) is 0. The third-order valence-electron chi connectivity index (χ3n) is 4.17. The second-order valence-electron chi connectivity index (χ2n) is 6.06. The van der Waals surface area contributed by atoms with Gasteiger partial charge in [0.2, 0.25) is 0 Å². The average molecular weight is 466 g/mol.